The molecule has 9 heteroatoms. The van der Waals surface area contributed by atoms with Gasteiger partial charge in [0.15, 0.2) is 6.10 Å². The first kappa shape index (κ1) is 67.0. The number of hydrogen-bond acceptors (Lipinski definition) is 7. The molecule has 0 fully saturated rings. The third-order valence-corrected chi connectivity index (χ3v) is 13.5. The number of nitrogens with zero attached hydrogens (tertiary/aromatic N) is 1. The number of allylic oxidation sites excluding steroid dienone is 2. The van der Waals surface area contributed by atoms with Gasteiger partial charge in [-0.2, -0.15) is 0 Å². The van der Waals surface area contributed by atoms with Crippen molar-refractivity contribution >= 4 is 17.9 Å². The van der Waals surface area contributed by atoms with Crippen LogP contribution in [0.25, 0.3) is 0 Å². The maximum Gasteiger partial charge on any atom is 0.361 e. The van der Waals surface area contributed by atoms with Gasteiger partial charge in [0, 0.05) is 12.8 Å². The largest absolute Gasteiger partial charge is 0.477 e. The van der Waals surface area contributed by atoms with E-state index in [2.05, 4.69) is 26.0 Å². The van der Waals surface area contributed by atoms with E-state index in [1.54, 1.807) is 0 Å². The molecule has 0 aromatic rings. The van der Waals surface area contributed by atoms with Gasteiger partial charge in [-0.15, -0.1) is 0 Å². The third kappa shape index (κ3) is 53.7. The Kier molecular flexibility index (Phi) is 50.9. The van der Waals surface area contributed by atoms with Gasteiger partial charge in [0.1, 0.15) is 13.2 Å². The summed E-state index contributed by atoms with van der Waals surface area (Å²) in [6.45, 7) is 4.91. The standard InChI is InChI=1S/C60H115NO8/c1-6-8-10-12-14-16-18-20-22-23-24-25-26-27-28-29-30-31-32-33-34-35-37-38-40-42-44-46-48-50-57(62)67-54-56(55-68-60(59(64)65)66-53-52-61(3,4)5)69-58(63)51-49-47-45-43-41-39-36-21-19-17-15-13-11-9-7-2/h21,36,56,60H,6-20,22-35,37-55H2,1-5H3/p+1/b36-21-. The average Bonchev–Trinajstić information content (AvgIpc) is 3.31. The number of hydrogen-bond donors (Lipinski definition) is 1. The van der Waals surface area contributed by atoms with Crippen LogP contribution in [0, 0.1) is 0 Å². The Hall–Kier alpha value is -1.97. The molecular weight excluding hydrogens is 863 g/mol. The smallest absolute Gasteiger partial charge is 0.361 e. The quantitative estimate of drug-likeness (QED) is 0.0211. The number of carboxylic acids is 1. The van der Waals surface area contributed by atoms with E-state index in [0.717, 1.165) is 51.4 Å². The van der Waals surface area contributed by atoms with Crippen molar-refractivity contribution in [1.29, 1.82) is 0 Å². The number of esters is 2. The maximum atomic E-state index is 12.8. The van der Waals surface area contributed by atoms with Crippen molar-refractivity contribution in [1.82, 2.24) is 0 Å². The van der Waals surface area contributed by atoms with Crippen LogP contribution < -0.4 is 0 Å². The number of ether oxygens (including phenoxy) is 4. The van der Waals surface area contributed by atoms with Crippen LogP contribution in [0.2, 0.25) is 0 Å². The Morgan fingerprint density at radius 3 is 1.07 bits per heavy atom. The molecule has 0 saturated carbocycles. The molecule has 1 N–H and O–H groups in total. The summed E-state index contributed by atoms with van der Waals surface area (Å²) in [5.41, 5.74) is 0. The molecule has 0 aromatic carbocycles. The second-order valence-electron chi connectivity index (χ2n) is 21.7. The van der Waals surface area contributed by atoms with E-state index in [1.165, 1.54) is 212 Å². The monoisotopic (exact) mass is 979 g/mol. The highest BCUT2D eigenvalue weighted by molar-refractivity contribution is 5.71. The summed E-state index contributed by atoms with van der Waals surface area (Å²) in [6, 6.07) is 0. The lowest BCUT2D eigenvalue weighted by atomic mass is 10.0. The summed E-state index contributed by atoms with van der Waals surface area (Å²) >= 11 is 0. The highest BCUT2D eigenvalue weighted by Gasteiger charge is 2.25. The minimum Gasteiger partial charge on any atom is -0.477 e. The molecule has 69 heavy (non-hydrogen) atoms. The molecule has 0 amide bonds. The molecule has 0 saturated heterocycles. The Bertz CT molecular complexity index is 1140. The highest BCUT2D eigenvalue weighted by atomic mass is 16.7. The molecule has 0 bridgehead atoms. The number of carboxylic acid groups (broad SMARTS) is 1. The molecule has 0 aliphatic rings. The summed E-state index contributed by atoms with van der Waals surface area (Å²) in [5, 5.41) is 9.69. The van der Waals surface area contributed by atoms with Gasteiger partial charge in [-0.1, -0.05) is 257 Å². The summed E-state index contributed by atoms with van der Waals surface area (Å²) in [7, 11) is 5.97. The molecular formula is C60H116NO8+. The zero-order valence-electron chi connectivity index (χ0n) is 46.5. The number of carbonyl (C=O) groups is 3. The fourth-order valence-corrected chi connectivity index (χ4v) is 8.89. The molecule has 0 aliphatic carbocycles. The SMILES string of the molecule is CCCCCCCC/C=C\CCCCCCCC(=O)OC(COC(=O)CCCCCCCCCCCCCCCCCCCCCCCCCCCCCCC)COC(OCC[N+](C)(C)C)C(=O)O. The second-order valence-corrected chi connectivity index (χ2v) is 21.7. The maximum absolute atomic E-state index is 12.8. The molecule has 0 rings (SSSR count). The Balaban J connectivity index is 4.08. The Morgan fingerprint density at radius 2 is 0.739 bits per heavy atom. The fourth-order valence-electron chi connectivity index (χ4n) is 8.89. The van der Waals surface area contributed by atoms with Gasteiger partial charge < -0.3 is 28.5 Å². The molecule has 408 valence electrons. The topological polar surface area (TPSA) is 108 Å². The van der Waals surface area contributed by atoms with Crippen molar-refractivity contribution in [2.24, 2.45) is 0 Å². The highest BCUT2D eigenvalue weighted by Crippen LogP contribution is 2.18. The number of aliphatic carboxylic acids is 1. The van der Waals surface area contributed by atoms with Crippen LogP contribution in [0.1, 0.15) is 296 Å². The van der Waals surface area contributed by atoms with Crippen molar-refractivity contribution in [3.8, 4) is 0 Å². The first-order chi connectivity index (χ1) is 33.6. The summed E-state index contributed by atoms with van der Waals surface area (Å²) in [6.07, 6.45) is 57.4. The summed E-state index contributed by atoms with van der Waals surface area (Å²) in [4.78, 5) is 37.4. The van der Waals surface area contributed by atoms with Crippen LogP contribution >= 0.6 is 0 Å². The van der Waals surface area contributed by atoms with Crippen molar-refractivity contribution in [2.45, 2.75) is 309 Å². The van der Waals surface area contributed by atoms with E-state index in [4.69, 9.17) is 18.9 Å². The van der Waals surface area contributed by atoms with E-state index in [0.29, 0.717) is 23.9 Å². The first-order valence-electron chi connectivity index (χ1n) is 29.9. The predicted octanol–water partition coefficient (Wildman–Crippen LogP) is 17.4. The van der Waals surface area contributed by atoms with Crippen molar-refractivity contribution < 1.29 is 42.9 Å². The van der Waals surface area contributed by atoms with Crippen LogP contribution in [-0.4, -0.2) is 87.4 Å². The van der Waals surface area contributed by atoms with Gasteiger partial charge in [-0.05, 0) is 38.5 Å². The van der Waals surface area contributed by atoms with Crippen LogP contribution in [0.5, 0.6) is 0 Å². The molecule has 2 unspecified atom stereocenters. The van der Waals surface area contributed by atoms with E-state index in [-0.39, 0.29) is 32.2 Å². The number of rotatable bonds is 56. The van der Waals surface area contributed by atoms with Crippen LogP contribution in [-0.2, 0) is 33.3 Å². The summed E-state index contributed by atoms with van der Waals surface area (Å²) in [5.74, 6) is -1.99. The number of carbonyl (C=O) groups excluding carboxylic acids is 2. The third-order valence-electron chi connectivity index (χ3n) is 13.5. The van der Waals surface area contributed by atoms with Gasteiger partial charge in [0.25, 0.3) is 6.29 Å². The fraction of sp³-hybridized carbons (Fsp3) is 0.917. The average molecular weight is 980 g/mol. The Morgan fingerprint density at radius 1 is 0.420 bits per heavy atom. The predicted molar refractivity (Wildman–Crippen MR) is 291 cm³/mol. The number of unbranched alkanes of at least 4 members (excludes halogenated alkanes) is 39. The molecule has 0 radical (unpaired) electrons. The van der Waals surface area contributed by atoms with Gasteiger partial charge in [0.05, 0.1) is 34.4 Å². The van der Waals surface area contributed by atoms with Crippen molar-refractivity contribution in [3.05, 3.63) is 12.2 Å². The molecule has 0 spiro atoms. The lowest BCUT2D eigenvalue weighted by molar-refractivity contribution is -0.870. The minimum atomic E-state index is -1.51. The Labute approximate surface area is 427 Å². The zero-order valence-corrected chi connectivity index (χ0v) is 46.5. The van der Waals surface area contributed by atoms with E-state index in [1.807, 2.05) is 21.1 Å². The number of likely N-dealkylation sites (N-methyl/N-ethyl adjacent to an activating group) is 1. The van der Waals surface area contributed by atoms with Crippen LogP contribution in [0.15, 0.2) is 12.2 Å². The minimum absolute atomic E-state index is 0.179. The van der Waals surface area contributed by atoms with Crippen LogP contribution in [0.4, 0.5) is 0 Å². The molecule has 9 nitrogen and oxygen atoms in total. The molecule has 0 aromatic heterocycles. The lowest BCUT2D eigenvalue weighted by Crippen LogP contribution is -2.40. The van der Waals surface area contributed by atoms with E-state index < -0.39 is 24.3 Å². The summed E-state index contributed by atoms with van der Waals surface area (Å²) < 4.78 is 22.9. The van der Waals surface area contributed by atoms with Crippen molar-refractivity contribution in [3.63, 3.8) is 0 Å². The van der Waals surface area contributed by atoms with Crippen LogP contribution in [0.3, 0.4) is 0 Å². The number of quaternary nitrogens is 1. The van der Waals surface area contributed by atoms with Gasteiger partial charge in [-0.3, -0.25) is 9.59 Å². The van der Waals surface area contributed by atoms with E-state index >= 15 is 0 Å². The van der Waals surface area contributed by atoms with Gasteiger partial charge in [0.2, 0.25) is 0 Å². The second kappa shape index (κ2) is 52.4. The zero-order chi connectivity index (χ0) is 50.6. The molecule has 0 heterocycles. The van der Waals surface area contributed by atoms with Gasteiger partial charge in [-0.25, -0.2) is 4.79 Å². The normalized spacial score (nSPS) is 12.8. The molecule has 2 atom stereocenters. The van der Waals surface area contributed by atoms with Gasteiger partial charge >= 0.3 is 17.9 Å². The lowest BCUT2D eigenvalue weighted by Gasteiger charge is -2.25. The van der Waals surface area contributed by atoms with E-state index in [9.17, 15) is 19.5 Å². The molecule has 0 aliphatic heterocycles. The van der Waals surface area contributed by atoms with Crippen molar-refractivity contribution in [2.75, 3.05) is 47.5 Å². The first-order valence-corrected chi connectivity index (χ1v) is 29.9.